The van der Waals surface area contributed by atoms with Gasteiger partial charge in [0.1, 0.15) is 5.66 Å². The molecule has 4 atom stereocenters. The van der Waals surface area contributed by atoms with E-state index in [9.17, 15) is 19.2 Å². The van der Waals surface area contributed by atoms with Crippen LogP contribution in [0.4, 0.5) is 0 Å². The Kier molecular flexibility index (Phi) is 4.04. The summed E-state index contributed by atoms with van der Waals surface area (Å²) >= 11 is 0. The molecule has 2 N–H and O–H groups in total. The summed E-state index contributed by atoms with van der Waals surface area (Å²) in [6, 6.07) is 0. The number of fused-ring (bicyclic) bond motifs is 1. The van der Waals surface area contributed by atoms with Crippen LogP contribution >= 0.6 is 0 Å². The highest BCUT2D eigenvalue weighted by atomic mass is 16.5. The Balaban J connectivity index is 2.17. The van der Waals surface area contributed by atoms with Crippen LogP contribution in [0.1, 0.15) is 46.5 Å². The molecule has 25 heavy (non-hydrogen) atoms. The lowest BCUT2D eigenvalue weighted by Gasteiger charge is -2.59. The quantitative estimate of drug-likeness (QED) is 0.554. The van der Waals surface area contributed by atoms with Gasteiger partial charge in [-0.15, -0.1) is 0 Å². The summed E-state index contributed by atoms with van der Waals surface area (Å²) in [5, 5.41) is 5.51. The van der Waals surface area contributed by atoms with Crippen molar-refractivity contribution in [3.63, 3.8) is 0 Å². The van der Waals surface area contributed by atoms with Crippen LogP contribution in [-0.2, 0) is 28.7 Å². The molecule has 0 radical (unpaired) electrons. The summed E-state index contributed by atoms with van der Waals surface area (Å²) in [7, 11) is 0. The second-order valence-corrected chi connectivity index (χ2v) is 7.23. The molecule has 138 valence electrons. The molecule has 1 saturated carbocycles. The Morgan fingerprint density at radius 2 is 1.44 bits per heavy atom. The first kappa shape index (κ1) is 17.7. The van der Waals surface area contributed by atoms with E-state index in [1.165, 1.54) is 0 Å². The van der Waals surface area contributed by atoms with Gasteiger partial charge in [-0.3, -0.25) is 19.2 Å². The van der Waals surface area contributed by atoms with E-state index in [0.29, 0.717) is 6.42 Å². The van der Waals surface area contributed by atoms with Gasteiger partial charge in [0.05, 0.1) is 13.2 Å². The molecule has 2 aliphatic heterocycles. The molecule has 3 fully saturated rings. The average molecular weight is 352 g/mol. The Bertz CT molecular complexity index is 599. The van der Waals surface area contributed by atoms with E-state index in [0.717, 1.165) is 0 Å². The van der Waals surface area contributed by atoms with E-state index < -0.39 is 46.2 Å². The van der Waals surface area contributed by atoms with Crippen molar-refractivity contribution in [2.75, 3.05) is 13.2 Å². The molecule has 0 aromatic rings. The third-order valence-corrected chi connectivity index (χ3v) is 5.81. The van der Waals surface area contributed by atoms with Gasteiger partial charge in [-0.1, -0.05) is 6.42 Å². The number of hydrogen-bond donors (Lipinski definition) is 2. The molecule has 3 rings (SSSR count). The van der Waals surface area contributed by atoms with Gasteiger partial charge in [0.25, 0.3) is 0 Å². The first-order valence-corrected chi connectivity index (χ1v) is 8.76. The van der Waals surface area contributed by atoms with Gasteiger partial charge in [-0.25, -0.2) is 0 Å². The van der Waals surface area contributed by atoms with Crippen molar-refractivity contribution in [1.29, 1.82) is 0 Å². The van der Waals surface area contributed by atoms with Crippen molar-refractivity contribution in [3.8, 4) is 0 Å². The summed E-state index contributed by atoms with van der Waals surface area (Å²) < 4.78 is 10.4. The zero-order valence-electron chi connectivity index (χ0n) is 14.8. The Hall–Kier alpha value is -2.12. The lowest BCUT2D eigenvalue weighted by molar-refractivity contribution is -0.200. The Morgan fingerprint density at radius 1 is 1.00 bits per heavy atom. The van der Waals surface area contributed by atoms with E-state index in [2.05, 4.69) is 10.6 Å². The Morgan fingerprint density at radius 3 is 1.84 bits per heavy atom. The van der Waals surface area contributed by atoms with Crippen LogP contribution in [0.25, 0.3) is 0 Å². The van der Waals surface area contributed by atoms with Gasteiger partial charge < -0.3 is 20.1 Å². The van der Waals surface area contributed by atoms with E-state index >= 15 is 0 Å². The van der Waals surface area contributed by atoms with Gasteiger partial charge in [0.2, 0.25) is 11.8 Å². The van der Waals surface area contributed by atoms with Crippen LogP contribution in [0, 0.1) is 16.7 Å². The maximum Gasteiger partial charge on any atom is 0.321 e. The number of hydrogen-bond acceptors (Lipinski definition) is 6. The summed E-state index contributed by atoms with van der Waals surface area (Å²) in [4.78, 5) is 51.6. The normalized spacial score (nSPS) is 39.1. The number of carbonyl (C=O) groups is 4. The maximum atomic E-state index is 13.0. The van der Waals surface area contributed by atoms with Crippen molar-refractivity contribution in [1.82, 2.24) is 10.6 Å². The summed E-state index contributed by atoms with van der Waals surface area (Å²) in [6.07, 6.45) is 1.17. The number of ether oxygens (including phenoxy) is 2. The zero-order chi connectivity index (χ0) is 18.5. The third-order valence-electron chi connectivity index (χ3n) is 5.81. The molecule has 0 aromatic heterocycles. The van der Waals surface area contributed by atoms with Crippen LogP contribution in [0.3, 0.4) is 0 Å². The van der Waals surface area contributed by atoms with Crippen LogP contribution in [0.2, 0.25) is 0 Å². The zero-order valence-corrected chi connectivity index (χ0v) is 14.8. The number of carbonyl (C=O) groups excluding carboxylic acids is 4. The molecule has 2 saturated heterocycles. The molecule has 2 unspecified atom stereocenters. The van der Waals surface area contributed by atoms with Crippen LogP contribution in [0.15, 0.2) is 0 Å². The molecule has 2 heterocycles. The van der Waals surface area contributed by atoms with Crippen LogP contribution < -0.4 is 10.6 Å². The summed E-state index contributed by atoms with van der Waals surface area (Å²) in [6.45, 7) is 5.25. The predicted octanol–water partition coefficient (Wildman–Crippen LogP) is 0.251. The number of nitrogens with one attached hydrogen (secondary N) is 2. The lowest BCUT2D eigenvalue weighted by atomic mass is 9.48. The van der Waals surface area contributed by atoms with Gasteiger partial charge in [0.15, 0.2) is 10.8 Å². The predicted molar refractivity (Wildman–Crippen MR) is 84.8 cm³/mol. The van der Waals surface area contributed by atoms with E-state index in [1.54, 1.807) is 20.8 Å². The minimum atomic E-state index is -1.53. The molecule has 3 aliphatic rings. The van der Waals surface area contributed by atoms with E-state index in [1.807, 2.05) is 0 Å². The number of piperidine rings is 2. The monoisotopic (exact) mass is 352 g/mol. The Labute approximate surface area is 146 Å². The number of rotatable bonds is 4. The van der Waals surface area contributed by atoms with Gasteiger partial charge in [-0.2, -0.15) is 0 Å². The van der Waals surface area contributed by atoms with Gasteiger partial charge >= 0.3 is 11.9 Å². The molecule has 8 nitrogen and oxygen atoms in total. The fourth-order valence-electron chi connectivity index (χ4n) is 4.77. The first-order chi connectivity index (χ1) is 11.8. The molecule has 2 amide bonds. The van der Waals surface area contributed by atoms with Crippen LogP contribution in [-0.4, -0.2) is 42.6 Å². The summed E-state index contributed by atoms with van der Waals surface area (Å²) in [5.41, 5.74) is -4.04. The molecule has 2 bridgehead atoms. The minimum Gasteiger partial charge on any atom is -0.465 e. The van der Waals surface area contributed by atoms with Crippen LogP contribution in [0.5, 0.6) is 0 Å². The molecule has 1 aliphatic carbocycles. The SMILES string of the molecule is CCOC(=O)[C@@]12CCC[C@]3(C(=O)OCC)C(=O)NC(C)(CC13)NC2=O. The average Bonchev–Trinajstić information content (AvgIpc) is 2.53. The van der Waals surface area contributed by atoms with E-state index in [-0.39, 0.29) is 32.5 Å². The van der Waals surface area contributed by atoms with Crippen molar-refractivity contribution >= 4 is 23.8 Å². The lowest BCUT2D eigenvalue weighted by Crippen LogP contribution is -2.80. The summed E-state index contributed by atoms with van der Waals surface area (Å²) in [5.74, 6) is -3.08. The topological polar surface area (TPSA) is 111 Å². The highest BCUT2D eigenvalue weighted by Crippen LogP contribution is 2.59. The number of esters is 2. The number of amides is 2. The fraction of sp³-hybridized carbons (Fsp3) is 0.765. The standard InChI is InChI=1S/C17H24N2O6/c1-4-24-13(22)16-7-6-8-17(14(23)25-5-2)10(16)9-15(3,18-11(16)20)19-12(17)21/h10H,4-9H2,1-3H3,(H,18,20)(H,19,21)/t10?,15?,16-,17+. The van der Waals surface area contributed by atoms with Crippen molar-refractivity contribution < 1.29 is 28.7 Å². The second kappa shape index (κ2) is 5.71. The van der Waals surface area contributed by atoms with Crippen molar-refractivity contribution in [2.45, 2.75) is 52.1 Å². The molecule has 0 aromatic carbocycles. The smallest absolute Gasteiger partial charge is 0.321 e. The van der Waals surface area contributed by atoms with Crippen molar-refractivity contribution in [3.05, 3.63) is 0 Å². The minimum absolute atomic E-state index is 0.121. The largest absolute Gasteiger partial charge is 0.465 e. The van der Waals surface area contributed by atoms with Crippen molar-refractivity contribution in [2.24, 2.45) is 16.7 Å². The van der Waals surface area contributed by atoms with Gasteiger partial charge in [-0.05, 0) is 40.0 Å². The third kappa shape index (κ3) is 2.19. The van der Waals surface area contributed by atoms with Gasteiger partial charge in [0, 0.05) is 5.92 Å². The molecule has 0 spiro atoms. The molecule has 8 heteroatoms. The molecular weight excluding hydrogens is 328 g/mol. The highest BCUT2D eigenvalue weighted by molar-refractivity contribution is 6.11. The second-order valence-electron chi connectivity index (χ2n) is 7.23. The maximum absolute atomic E-state index is 13.0. The molecular formula is C17H24N2O6. The fourth-order valence-corrected chi connectivity index (χ4v) is 4.77. The first-order valence-electron chi connectivity index (χ1n) is 8.76. The highest BCUT2D eigenvalue weighted by Gasteiger charge is 2.74. The van der Waals surface area contributed by atoms with E-state index in [4.69, 9.17) is 9.47 Å².